The first kappa shape index (κ1) is 14.2. The maximum absolute atomic E-state index is 6.01. The zero-order valence-corrected chi connectivity index (χ0v) is 12.9. The van der Waals surface area contributed by atoms with E-state index in [4.69, 9.17) is 11.6 Å². The topological polar surface area (TPSA) is 32.3 Å². The largest absolute Gasteiger partial charge is 0.299 e. The Hall–Kier alpha value is -0.710. The molecule has 0 aromatic carbocycles. The van der Waals surface area contributed by atoms with Gasteiger partial charge in [-0.25, -0.2) is 9.97 Å². The van der Waals surface area contributed by atoms with Crippen LogP contribution in [-0.2, 0) is 6.54 Å². The van der Waals surface area contributed by atoms with Crippen LogP contribution in [0, 0.1) is 6.92 Å². The molecule has 2 aliphatic rings. The Bertz CT molecular complexity index is 439. The quantitative estimate of drug-likeness (QED) is 0.802. The lowest BCUT2D eigenvalue weighted by atomic mass is 10.1. The summed E-state index contributed by atoms with van der Waals surface area (Å²) in [7, 11) is 0. The van der Waals surface area contributed by atoms with Gasteiger partial charge in [0, 0.05) is 24.8 Å². The third kappa shape index (κ3) is 3.48. The Kier molecular flexibility index (Phi) is 4.54. The minimum absolute atomic E-state index is 0.555. The second-order valence-electron chi connectivity index (χ2n) is 6.02. The minimum atomic E-state index is 0.555. The number of hydrogen-bond donors (Lipinski definition) is 0. The van der Waals surface area contributed by atoms with E-state index in [-0.39, 0.29) is 0 Å². The average Bonchev–Trinajstić information content (AvgIpc) is 2.87. The molecule has 0 saturated carbocycles. The standard InChI is InChI=1S/C15H23ClN4/c1-12-9-14(16)18-15(17-12)11-19-8-5-13(10-19)20-6-3-2-4-7-20/h9,13H,2-8,10-11H2,1H3. The van der Waals surface area contributed by atoms with Crippen molar-refractivity contribution in [2.45, 2.75) is 45.2 Å². The third-order valence-corrected chi connectivity index (χ3v) is 4.58. The van der Waals surface area contributed by atoms with Crippen molar-refractivity contribution in [1.82, 2.24) is 19.8 Å². The van der Waals surface area contributed by atoms with E-state index < -0.39 is 0 Å². The van der Waals surface area contributed by atoms with Crippen LogP contribution in [0.4, 0.5) is 0 Å². The Morgan fingerprint density at radius 2 is 2.00 bits per heavy atom. The summed E-state index contributed by atoms with van der Waals surface area (Å²) in [6, 6.07) is 2.54. The van der Waals surface area contributed by atoms with Crippen LogP contribution in [0.2, 0.25) is 5.15 Å². The van der Waals surface area contributed by atoms with Crippen molar-refractivity contribution in [3.63, 3.8) is 0 Å². The summed E-state index contributed by atoms with van der Waals surface area (Å²) in [5, 5.41) is 0.555. The number of halogens is 1. The van der Waals surface area contributed by atoms with E-state index in [2.05, 4.69) is 19.8 Å². The molecule has 1 aromatic heterocycles. The fourth-order valence-corrected chi connectivity index (χ4v) is 3.65. The molecule has 5 heteroatoms. The van der Waals surface area contributed by atoms with Gasteiger partial charge in [-0.1, -0.05) is 18.0 Å². The molecule has 20 heavy (non-hydrogen) atoms. The molecule has 2 aliphatic heterocycles. The predicted molar refractivity (Wildman–Crippen MR) is 80.9 cm³/mol. The molecule has 0 bridgehead atoms. The number of aromatic nitrogens is 2. The number of nitrogens with zero attached hydrogens (tertiary/aromatic N) is 4. The van der Waals surface area contributed by atoms with Gasteiger partial charge < -0.3 is 0 Å². The number of likely N-dealkylation sites (tertiary alicyclic amines) is 2. The minimum Gasteiger partial charge on any atom is -0.299 e. The molecule has 2 fully saturated rings. The summed E-state index contributed by atoms with van der Waals surface area (Å²) in [6.45, 7) is 7.66. The Labute approximate surface area is 126 Å². The average molecular weight is 295 g/mol. The van der Waals surface area contributed by atoms with Crippen LogP contribution >= 0.6 is 11.6 Å². The van der Waals surface area contributed by atoms with Crippen LogP contribution < -0.4 is 0 Å². The third-order valence-electron chi connectivity index (χ3n) is 4.39. The first-order chi connectivity index (χ1) is 9.70. The number of piperidine rings is 1. The summed E-state index contributed by atoms with van der Waals surface area (Å²) < 4.78 is 0. The summed E-state index contributed by atoms with van der Waals surface area (Å²) in [6.07, 6.45) is 5.42. The van der Waals surface area contributed by atoms with Gasteiger partial charge in [0.2, 0.25) is 0 Å². The van der Waals surface area contributed by atoms with Gasteiger partial charge in [0.25, 0.3) is 0 Å². The van der Waals surface area contributed by atoms with Gasteiger partial charge in [-0.05, 0) is 45.3 Å². The summed E-state index contributed by atoms with van der Waals surface area (Å²) >= 11 is 6.01. The molecule has 3 rings (SSSR count). The second kappa shape index (κ2) is 6.37. The van der Waals surface area contributed by atoms with Gasteiger partial charge >= 0.3 is 0 Å². The van der Waals surface area contributed by atoms with E-state index >= 15 is 0 Å². The molecule has 3 heterocycles. The molecule has 2 saturated heterocycles. The molecule has 110 valence electrons. The number of hydrogen-bond acceptors (Lipinski definition) is 4. The highest BCUT2D eigenvalue weighted by atomic mass is 35.5. The van der Waals surface area contributed by atoms with Crippen molar-refractivity contribution in [3.05, 3.63) is 22.7 Å². The van der Waals surface area contributed by atoms with Crippen LogP contribution in [-0.4, -0.2) is 52.0 Å². The van der Waals surface area contributed by atoms with Gasteiger partial charge in [0.05, 0.1) is 6.54 Å². The van der Waals surface area contributed by atoms with Crippen molar-refractivity contribution in [1.29, 1.82) is 0 Å². The van der Waals surface area contributed by atoms with E-state index in [9.17, 15) is 0 Å². The molecule has 0 N–H and O–H groups in total. The molecule has 0 aliphatic carbocycles. The Morgan fingerprint density at radius 3 is 2.75 bits per heavy atom. The van der Waals surface area contributed by atoms with Gasteiger partial charge in [-0.3, -0.25) is 9.80 Å². The highest BCUT2D eigenvalue weighted by molar-refractivity contribution is 6.29. The summed E-state index contributed by atoms with van der Waals surface area (Å²) in [5.74, 6) is 0.856. The zero-order chi connectivity index (χ0) is 13.9. The van der Waals surface area contributed by atoms with E-state index in [1.54, 1.807) is 0 Å². The molecule has 0 amide bonds. The van der Waals surface area contributed by atoms with Gasteiger partial charge in [-0.15, -0.1) is 0 Å². The van der Waals surface area contributed by atoms with Crippen molar-refractivity contribution in [3.8, 4) is 0 Å². The van der Waals surface area contributed by atoms with Crippen molar-refractivity contribution >= 4 is 11.6 Å². The lowest BCUT2D eigenvalue weighted by molar-refractivity contribution is 0.160. The normalized spacial score (nSPS) is 25.2. The van der Waals surface area contributed by atoms with Crippen LogP contribution in [0.25, 0.3) is 0 Å². The first-order valence-electron chi connectivity index (χ1n) is 7.67. The molecule has 0 spiro atoms. The van der Waals surface area contributed by atoms with Gasteiger partial charge in [0.15, 0.2) is 0 Å². The second-order valence-corrected chi connectivity index (χ2v) is 6.41. The van der Waals surface area contributed by atoms with Gasteiger partial charge in [-0.2, -0.15) is 0 Å². The van der Waals surface area contributed by atoms with Crippen molar-refractivity contribution in [2.75, 3.05) is 26.2 Å². The Morgan fingerprint density at radius 1 is 1.20 bits per heavy atom. The Balaban J connectivity index is 1.57. The molecule has 1 unspecified atom stereocenters. The van der Waals surface area contributed by atoms with Crippen molar-refractivity contribution in [2.24, 2.45) is 0 Å². The van der Waals surface area contributed by atoms with Crippen LogP contribution in [0.1, 0.15) is 37.2 Å². The fraction of sp³-hybridized carbons (Fsp3) is 0.733. The van der Waals surface area contributed by atoms with Crippen LogP contribution in [0.3, 0.4) is 0 Å². The van der Waals surface area contributed by atoms with E-state index in [0.29, 0.717) is 5.15 Å². The number of aryl methyl sites for hydroxylation is 1. The smallest absolute Gasteiger partial charge is 0.144 e. The lowest BCUT2D eigenvalue weighted by Gasteiger charge is -2.32. The van der Waals surface area contributed by atoms with E-state index in [1.807, 2.05) is 13.0 Å². The zero-order valence-electron chi connectivity index (χ0n) is 12.2. The molecular weight excluding hydrogens is 272 g/mol. The maximum Gasteiger partial charge on any atom is 0.144 e. The molecule has 4 nitrogen and oxygen atoms in total. The summed E-state index contributed by atoms with van der Waals surface area (Å²) in [5.41, 5.74) is 0.951. The predicted octanol–water partition coefficient (Wildman–Crippen LogP) is 2.50. The number of rotatable bonds is 3. The van der Waals surface area contributed by atoms with E-state index in [0.717, 1.165) is 37.2 Å². The van der Waals surface area contributed by atoms with Crippen LogP contribution in [0.15, 0.2) is 6.07 Å². The fourth-order valence-electron chi connectivity index (χ4n) is 3.40. The molecule has 0 radical (unpaired) electrons. The monoisotopic (exact) mass is 294 g/mol. The van der Waals surface area contributed by atoms with Crippen LogP contribution in [0.5, 0.6) is 0 Å². The van der Waals surface area contributed by atoms with Gasteiger partial charge in [0.1, 0.15) is 11.0 Å². The summed E-state index contributed by atoms with van der Waals surface area (Å²) in [4.78, 5) is 14.0. The molecule has 1 aromatic rings. The van der Waals surface area contributed by atoms with Crippen molar-refractivity contribution < 1.29 is 0 Å². The maximum atomic E-state index is 6.01. The molecular formula is C15H23ClN4. The highest BCUT2D eigenvalue weighted by Gasteiger charge is 2.28. The first-order valence-corrected chi connectivity index (χ1v) is 8.05. The molecule has 1 atom stereocenters. The SMILES string of the molecule is Cc1cc(Cl)nc(CN2CCC(N3CCCCC3)C2)n1. The van der Waals surface area contributed by atoms with E-state index in [1.165, 1.54) is 38.8 Å². The highest BCUT2D eigenvalue weighted by Crippen LogP contribution is 2.21. The lowest BCUT2D eigenvalue weighted by Crippen LogP contribution is -2.40.